The Morgan fingerprint density at radius 1 is 0.305 bits per heavy atom. The monoisotopic (exact) mass is 753 g/mol. The van der Waals surface area contributed by atoms with Crippen LogP contribution in [-0.4, -0.2) is 0 Å². The quantitative estimate of drug-likeness (QED) is 0.157. The van der Waals surface area contributed by atoms with Gasteiger partial charge in [0.2, 0.25) is 0 Å². The van der Waals surface area contributed by atoms with Gasteiger partial charge in [0, 0.05) is 27.8 Å². The summed E-state index contributed by atoms with van der Waals surface area (Å²) in [5, 5.41) is 0. The van der Waals surface area contributed by atoms with Gasteiger partial charge in [-0.2, -0.15) is 0 Å². The molecule has 9 aromatic carbocycles. The first-order chi connectivity index (χ1) is 29.0. The SMILES string of the molecule is CC1(c2ccccc2)c2ccccc2-c2ccc(N(c3cc(-c4ccccc4)cc(-c4ccccc4)c3)c3cccc4c3-c3ccccc3C4(C)c3ccccc3)cc21. The summed E-state index contributed by atoms with van der Waals surface area (Å²) >= 11 is 0. The van der Waals surface area contributed by atoms with Crippen LogP contribution < -0.4 is 4.90 Å². The molecule has 11 rings (SSSR count). The number of benzene rings is 9. The summed E-state index contributed by atoms with van der Waals surface area (Å²) in [4.78, 5) is 2.54. The van der Waals surface area contributed by atoms with Crippen molar-refractivity contribution in [3.05, 3.63) is 258 Å². The van der Waals surface area contributed by atoms with Gasteiger partial charge in [0.15, 0.2) is 0 Å². The zero-order valence-corrected chi connectivity index (χ0v) is 33.3. The standard InChI is InChI=1S/C58H43N/c1-57(44-24-11-5-12-25-44)52-31-18-16-29-50(52)56-53(57)32-19-33-55(56)59(47-37-42(40-20-7-3-8-21-40)36-43(38-47)41-22-9-4-10-23-41)46-34-35-49-48-28-15-17-30-51(48)58(2,54(49)39-46)45-26-13-6-14-27-45/h3-39H,1-2H3. The fourth-order valence-corrected chi connectivity index (χ4v) is 10.3. The molecule has 0 fully saturated rings. The molecule has 0 aromatic heterocycles. The van der Waals surface area contributed by atoms with E-state index in [1.165, 1.54) is 77.9 Å². The topological polar surface area (TPSA) is 3.24 Å². The molecule has 280 valence electrons. The smallest absolute Gasteiger partial charge is 0.0543 e. The lowest BCUT2D eigenvalue weighted by molar-refractivity contribution is 0.713. The Balaban J connectivity index is 1.22. The second kappa shape index (κ2) is 13.7. The molecule has 2 atom stereocenters. The Morgan fingerprint density at radius 2 is 0.763 bits per heavy atom. The van der Waals surface area contributed by atoms with Gasteiger partial charge in [0.05, 0.1) is 5.69 Å². The molecule has 0 bridgehead atoms. The van der Waals surface area contributed by atoms with E-state index in [1.54, 1.807) is 0 Å². The molecule has 9 aromatic rings. The van der Waals surface area contributed by atoms with Gasteiger partial charge in [0.1, 0.15) is 0 Å². The first-order valence-corrected chi connectivity index (χ1v) is 20.7. The number of fused-ring (bicyclic) bond motifs is 6. The predicted octanol–water partition coefficient (Wildman–Crippen LogP) is 15.2. The van der Waals surface area contributed by atoms with Crippen LogP contribution in [0.25, 0.3) is 44.5 Å². The van der Waals surface area contributed by atoms with E-state index in [4.69, 9.17) is 0 Å². The van der Waals surface area contributed by atoms with Crippen molar-refractivity contribution in [2.45, 2.75) is 24.7 Å². The number of anilines is 3. The lowest BCUT2D eigenvalue weighted by atomic mass is 9.74. The third kappa shape index (κ3) is 5.39. The van der Waals surface area contributed by atoms with Gasteiger partial charge in [-0.05, 0) is 123 Å². The zero-order valence-electron chi connectivity index (χ0n) is 33.3. The van der Waals surface area contributed by atoms with Crippen LogP contribution in [-0.2, 0) is 10.8 Å². The van der Waals surface area contributed by atoms with E-state index in [0.717, 1.165) is 17.1 Å². The number of nitrogens with zero attached hydrogens (tertiary/aromatic N) is 1. The van der Waals surface area contributed by atoms with Crippen LogP contribution in [0.1, 0.15) is 47.2 Å². The molecule has 1 heteroatoms. The van der Waals surface area contributed by atoms with Gasteiger partial charge in [0.25, 0.3) is 0 Å². The van der Waals surface area contributed by atoms with E-state index in [9.17, 15) is 0 Å². The minimum atomic E-state index is -0.340. The lowest BCUT2D eigenvalue weighted by Crippen LogP contribution is -2.23. The van der Waals surface area contributed by atoms with Crippen LogP contribution in [0.15, 0.2) is 224 Å². The Labute approximate surface area is 347 Å². The van der Waals surface area contributed by atoms with Crippen molar-refractivity contribution in [2.75, 3.05) is 4.90 Å². The summed E-state index contributed by atoms with van der Waals surface area (Å²) in [7, 11) is 0. The Bertz CT molecular complexity index is 2950. The highest BCUT2D eigenvalue weighted by molar-refractivity contribution is 5.98. The van der Waals surface area contributed by atoms with Crippen molar-refractivity contribution in [1.29, 1.82) is 0 Å². The minimum Gasteiger partial charge on any atom is -0.310 e. The average molecular weight is 754 g/mol. The van der Waals surface area contributed by atoms with Crippen molar-refractivity contribution in [3.8, 4) is 44.5 Å². The van der Waals surface area contributed by atoms with Crippen LogP contribution in [0.4, 0.5) is 17.1 Å². The molecule has 0 amide bonds. The second-order valence-electron chi connectivity index (χ2n) is 16.3. The summed E-state index contributed by atoms with van der Waals surface area (Å²) in [5.74, 6) is 0. The number of hydrogen-bond donors (Lipinski definition) is 0. The van der Waals surface area contributed by atoms with Crippen LogP contribution in [0.2, 0.25) is 0 Å². The van der Waals surface area contributed by atoms with Crippen molar-refractivity contribution < 1.29 is 0 Å². The average Bonchev–Trinajstić information content (AvgIpc) is 3.74. The third-order valence-corrected chi connectivity index (χ3v) is 13.2. The molecule has 0 N–H and O–H groups in total. The molecule has 0 aliphatic heterocycles. The highest BCUT2D eigenvalue weighted by atomic mass is 15.1. The van der Waals surface area contributed by atoms with Crippen LogP contribution in [0.3, 0.4) is 0 Å². The summed E-state index contributed by atoms with van der Waals surface area (Å²) < 4.78 is 0. The highest BCUT2D eigenvalue weighted by Crippen LogP contribution is 2.58. The molecule has 0 heterocycles. The van der Waals surface area contributed by atoms with Crippen molar-refractivity contribution in [3.63, 3.8) is 0 Å². The van der Waals surface area contributed by atoms with Crippen LogP contribution in [0, 0.1) is 0 Å². The van der Waals surface area contributed by atoms with Gasteiger partial charge < -0.3 is 4.90 Å². The molecule has 2 aliphatic rings. The van der Waals surface area contributed by atoms with E-state index in [2.05, 4.69) is 243 Å². The molecule has 2 aliphatic carbocycles. The van der Waals surface area contributed by atoms with Gasteiger partial charge >= 0.3 is 0 Å². The van der Waals surface area contributed by atoms with E-state index in [-0.39, 0.29) is 10.8 Å². The number of rotatable bonds is 7. The second-order valence-corrected chi connectivity index (χ2v) is 16.3. The normalized spacial score (nSPS) is 17.1. The molecule has 0 spiro atoms. The van der Waals surface area contributed by atoms with Crippen molar-refractivity contribution in [1.82, 2.24) is 0 Å². The van der Waals surface area contributed by atoms with E-state index in [1.807, 2.05) is 0 Å². The van der Waals surface area contributed by atoms with Crippen LogP contribution >= 0.6 is 0 Å². The molecule has 59 heavy (non-hydrogen) atoms. The maximum Gasteiger partial charge on any atom is 0.0543 e. The van der Waals surface area contributed by atoms with Gasteiger partial charge in [-0.1, -0.05) is 188 Å². The third-order valence-electron chi connectivity index (χ3n) is 13.2. The Hall–Kier alpha value is -7.22. The molecular formula is C58H43N. The highest BCUT2D eigenvalue weighted by Gasteiger charge is 2.44. The minimum absolute atomic E-state index is 0.332. The molecule has 0 saturated carbocycles. The lowest BCUT2D eigenvalue weighted by Gasteiger charge is -2.33. The molecule has 0 radical (unpaired) electrons. The van der Waals surface area contributed by atoms with Gasteiger partial charge in [-0.3, -0.25) is 0 Å². The van der Waals surface area contributed by atoms with Crippen molar-refractivity contribution >= 4 is 17.1 Å². The predicted molar refractivity (Wildman–Crippen MR) is 247 cm³/mol. The molecule has 1 nitrogen and oxygen atoms in total. The molecular weight excluding hydrogens is 711 g/mol. The van der Waals surface area contributed by atoms with E-state index < -0.39 is 0 Å². The molecule has 0 saturated heterocycles. The van der Waals surface area contributed by atoms with E-state index in [0.29, 0.717) is 0 Å². The largest absolute Gasteiger partial charge is 0.310 e. The number of hydrogen-bond acceptors (Lipinski definition) is 1. The van der Waals surface area contributed by atoms with Gasteiger partial charge in [-0.15, -0.1) is 0 Å². The van der Waals surface area contributed by atoms with Gasteiger partial charge in [-0.25, -0.2) is 0 Å². The molecule has 2 unspecified atom stereocenters. The Morgan fingerprint density at radius 3 is 1.36 bits per heavy atom. The summed E-state index contributed by atoms with van der Waals surface area (Å²) in [6.45, 7) is 4.81. The zero-order chi connectivity index (χ0) is 39.6. The first-order valence-electron chi connectivity index (χ1n) is 20.7. The van der Waals surface area contributed by atoms with Crippen LogP contribution in [0.5, 0.6) is 0 Å². The fraction of sp³-hybridized carbons (Fsp3) is 0.0690. The summed E-state index contributed by atoms with van der Waals surface area (Å²) in [6, 6.07) is 83.0. The maximum absolute atomic E-state index is 2.54. The fourth-order valence-electron chi connectivity index (χ4n) is 10.3. The maximum atomic E-state index is 2.54. The summed E-state index contributed by atoms with van der Waals surface area (Å²) in [6.07, 6.45) is 0. The van der Waals surface area contributed by atoms with Crippen molar-refractivity contribution in [2.24, 2.45) is 0 Å². The summed E-state index contributed by atoms with van der Waals surface area (Å²) in [5.41, 5.74) is 20.5. The Kier molecular flexibility index (Phi) is 8.13. The van der Waals surface area contributed by atoms with E-state index >= 15 is 0 Å². The first kappa shape index (κ1) is 35.0.